The van der Waals surface area contributed by atoms with E-state index < -0.39 is 0 Å². The van der Waals surface area contributed by atoms with Crippen molar-refractivity contribution in [1.29, 1.82) is 0 Å². The molecule has 0 amide bonds. The minimum Gasteiger partial charge on any atom is -0.404 e. The van der Waals surface area contributed by atoms with E-state index >= 15 is 0 Å². The molecule has 2 aromatic rings. The Bertz CT molecular complexity index is 577. The van der Waals surface area contributed by atoms with Gasteiger partial charge in [-0.3, -0.25) is 4.68 Å². The number of ether oxygens (including phenoxy) is 1. The molecule has 19 heavy (non-hydrogen) atoms. The molecule has 2 aromatic heterocycles. The third-order valence-electron chi connectivity index (χ3n) is 2.79. The highest BCUT2D eigenvalue weighted by Gasteiger charge is 2.27. The molecule has 1 saturated carbocycles. The summed E-state index contributed by atoms with van der Waals surface area (Å²) in [5.41, 5.74) is 0. The number of hydrogen-bond donors (Lipinski definition) is 1. The summed E-state index contributed by atoms with van der Waals surface area (Å²) in [5.74, 6) is 2.58. The molecule has 1 N–H and O–H groups in total. The van der Waals surface area contributed by atoms with Crippen LogP contribution in [0.1, 0.15) is 31.5 Å². The Morgan fingerprint density at radius 3 is 2.89 bits per heavy atom. The minimum absolute atomic E-state index is 0.297. The van der Waals surface area contributed by atoms with Crippen LogP contribution in [0, 0.1) is 0 Å². The smallest absolute Gasteiger partial charge is 0.342 e. The van der Waals surface area contributed by atoms with Crippen molar-refractivity contribution in [2.75, 3.05) is 11.9 Å². The molecule has 0 bridgehead atoms. The van der Waals surface area contributed by atoms with Crippen molar-refractivity contribution in [3.05, 3.63) is 18.2 Å². The maximum Gasteiger partial charge on any atom is 0.342 e. The molecular formula is C12H16N6O. The Balaban J connectivity index is 1.86. The van der Waals surface area contributed by atoms with Crippen LogP contribution in [0.3, 0.4) is 0 Å². The zero-order valence-corrected chi connectivity index (χ0v) is 11.0. The van der Waals surface area contributed by atoms with Crippen LogP contribution in [-0.2, 0) is 7.05 Å². The predicted molar refractivity (Wildman–Crippen MR) is 69.2 cm³/mol. The third kappa shape index (κ3) is 2.81. The van der Waals surface area contributed by atoms with Crippen molar-refractivity contribution < 1.29 is 4.74 Å². The molecule has 2 heterocycles. The van der Waals surface area contributed by atoms with E-state index in [2.05, 4.69) is 25.4 Å². The molecule has 100 valence electrons. The molecule has 0 spiro atoms. The maximum atomic E-state index is 5.57. The Morgan fingerprint density at radius 1 is 1.42 bits per heavy atom. The van der Waals surface area contributed by atoms with Crippen LogP contribution >= 0.6 is 0 Å². The number of hydrogen-bond acceptors (Lipinski definition) is 6. The Hall–Kier alpha value is -2.18. The van der Waals surface area contributed by atoms with Crippen LogP contribution in [-0.4, -0.2) is 31.3 Å². The Kier molecular flexibility index (Phi) is 3.02. The van der Waals surface area contributed by atoms with E-state index in [0.717, 1.165) is 31.0 Å². The lowest BCUT2D eigenvalue weighted by molar-refractivity contribution is 0.419. The molecule has 0 aromatic carbocycles. The molecule has 1 aliphatic carbocycles. The van der Waals surface area contributed by atoms with Gasteiger partial charge in [0.2, 0.25) is 5.88 Å². The molecule has 0 unspecified atom stereocenters. The molecule has 1 aliphatic rings. The largest absolute Gasteiger partial charge is 0.404 e. The first-order valence-electron chi connectivity index (χ1n) is 6.41. The molecule has 0 radical (unpaired) electrons. The summed E-state index contributed by atoms with van der Waals surface area (Å²) in [5, 5.41) is 7.26. The molecule has 0 atom stereocenters. The molecule has 1 fully saturated rings. The van der Waals surface area contributed by atoms with Gasteiger partial charge in [-0.1, -0.05) is 0 Å². The van der Waals surface area contributed by atoms with Crippen LogP contribution < -0.4 is 10.1 Å². The summed E-state index contributed by atoms with van der Waals surface area (Å²) in [6.45, 7) is 2.84. The number of aryl methyl sites for hydroxylation is 1. The zero-order chi connectivity index (χ0) is 13.2. The molecule has 0 saturated heterocycles. The lowest BCUT2D eigenvalue weighted by Crippen LogP contribution is -2.04. The van der Waals surface area contributed by atoms with Crippen molar-refractivity contribution in [3.8, 4) is 11.9 Å². The van der Waals surface area contributed by atoms with E-state index in [4.69, 9.17) is 4.74 Å². The summed E-state index contributed by atoms with van der Waals surface area (Å²) in [6.07, 6.45) is 3.89. The van der Waals surface area contributed by atoms with Gasteiger partial charge in [-0.05, 0) is 19.8 Å². The summed E-state index contributed by atoms with van der Waals surface area (Å²) in [7, 11) is 1.79. The van der Waals surface area contributed by atoms with Gasteiger partial charge in [0.1, 0.15) is 18.0 Å². The minimum atomic E-state index is 0.297. The van der Waals surface area contributed by atoms with Gasteiger partial charge in [-0.25, -0.2) is 4.98 Å². The topological polar surface area (TPSA) is 77.8 Å². The molecular weight excluding hydrogens is 244 g/mol. The van der Waals surface area contributed by atoms with Crippen molar-refractivity contribution >= 4 is 5.82 Å². The van der Waals surface area contributed by atoms with Gasteiger partial charge in [0.15, 0.2) is 0 Å². The normalized spacial score (nSPS) is 14.4. The van der Waals surface area contributed by atoms with Gasteiger partial charge in [0.05, 0.1) is 0 Å². The van der Waals surface area contributed by atoms with Crippen molar-refractivity contribution in [2.45, 2.75) is 25.7 Å². The summed E-state index contributed by atoms with van der Waals surface area (Å²) in [4.78, 5) is 12.9. The van der Waals surface area contributed by atoms with Crippen LogP contribution in [0.5, 0.6) is 11.9 Å². The van der Waals surface area contributed by atoms with E-state index in [1.54, 1.807) is 24.1 Å². The van der Waals surface area contributed by atoms with Crippen molar-refractivity contribution in [3.63, 3.8) is 0 Å². The highest BCUT2D eigenvalue weighted by molar-refractivity contribution is 5.39. The second-order valence-electron chi connectivity index (χ2n) is 4.56. The van der Waals surface area contributed by atoms with Crippen LogP contribution in [0.4, 0.5) is 5.82 Å². The van der Waals surface area contributed by atoms with E-state index in [9.17, 15) is 0 Å². The third-order valence-corrected chi connectivity index (χ3v) is 2.79. The number of nitrogens with one attached hydrogen (secondary N) is 1. The first-order chi connectivity index (χ1) is 9.24. The number of nitrogens with zero attached hydrogens (tertiary/aromatic N) is 5. The molecule has 0 aliphatic heterocycles. The van der Waals surface area contributed by atoms with Gasteiger partial charge in [0.25, 0.3) is 0 Å². The van der Waals surface area contributed by atoms with E-state index in [-0.39, 0.29) is 0 Å². The zero-order valence-electron chi connectivity index (χ0n) is 11.0. The lowest BCUT2D eigenvalue weighted by atomic mass is 10.4. The molecule has 3 rings (SSSR count). The van der Waals surface area contributed by atoms with Crippen LogP contribution in [0.2, 0.25) is 0 Å². The standard InChI is InChI=1S/C12H16N6O/c1-3-13-9-6-10(16-11(15-9)8-4-5-8)19-12-14-7-18(2)17-12/h6-8H,3-5H2,1-2H3,(H,13,15,16). The average molecular weight is 260 g/mol. The van der Waals surface area contributed by atoms with Crippen molar-refractivity contribution in [2.24, 2.45) is 7.05 Å². The van der Waals surface area contributed by atoms with E-state index in [0.29, 0.717) is 17.8 Å². The highest BCUT2D eigenvalue weighted by Crippen LogP contribution is 2.39. The predicted octanol–water partition coefficient (Wildman–Crippen LogP) is 1.71. The van der Waals surface area contributed by atoms with E-state index in [1.165, 1.54) is 0 Å². The fourth-order valence-corrected chi connectivity index (χ4v) is 1.75. The molecule has 7 heteroatoms. The maximum absolute atomic E-state index is 5.57. The fourth-order valence-electron chi connectivity index (χ4n) is 1.75. The second kappa shape index (κ2) is 4.83. The number of anilines is 1. The second-order valence-corrected chi connectivity index (χ2v) is 4.56. The lowest BCUT2D eigenvalue weighted by Gasteiger charge is -2.07. The fraction of sp³-hybridized carbons (Fsp3) is 0.500. The van der Waals surface area contributed by atoms with Crippen LogP contribution in [0.15, 0.2) is 12.4 Å². The summed E-state index contributed by atoms with van der Waals surface area (Å²) < 4.78 is 7.16. The average Bonchev–Trinajstić information content (AvgIpc) is 3.14. The van der Waals surface area contributed by atoms with Crippen molar-refractivity contribution in [1.82, 2.24) is 24.7 Å². The number of aromatic nitrogens is 5. The quantitative estimate of drug-likeness (QED) is 0.881. The first-order valence-corrected chi connectivity index (χ1v) is 6.41. The summed E-state index contributed by atoms with van der Waals surface area (Å²) in [6, 6.07) is 2.07. The van der Waals surface area contributed by atoms with Gasteiger partial charge >= 0.3 is 6.01 Å². The first kappa shape index (κ1) is 11.9. The Labute approximate surface area is 111 Å². The highest BCUT2D eigenvalue weighted by atomic mass is 16.5. The van der Waals surface area contributed by atoms with Gasteiger partial charge in [-0.15, -0.1) is 5.10 Å². The van der Waals surface area contributed by atoms with Gasteiger partial charge in [-0.2, -0.15) is 9.97 Å². The summed E-state index contributed by atoms with van der Waals surface area (Å²) >= 11 is 0. The monoisotopic (exact) mass is 260 g/mol. The van der Waals surface area contributed by atoms with Crippen LogP contribution in [0.25, 0.3) is 0 Å². The number of rotatable bonds is 5. The van der Waals surface area contributed by atoms with Gasteiger partial charge < -0.3 is 10.1 Å². The van der Waals surface area contributed by atoms with Gasteiger partial charge in [0, 0.05) is 25.6 Å². The van der Waals surface area contributed by atoms with E-state index in [1.807, 2.05) is 6.92 Å². The molecule has 7 nitrogen and oxygen atoms in total. The Morgan fingerprint density at radius 2 is 2.26 bits per heavy atom. The SMILES string of the molecule is CCNc1cc(Oc2ncn(C)n2)nc(C2CC2)n1.